The lowest BCUT2D eigenvalue weighted by atomic mass is 10.2. The highest BCUT2D eigenvalue weighted by Crippen LogP contribution is 2.23. The number of nitrogens with zero attached hydrogens (tertiary/aromatic N) is 4. The zero-order chi connectivity index (χ0) is 18.1. The van der Waals surface area contributed by atoms with E-state index in [0.717, 1.165) is 20.8 Å². The Morgan fingerprint density at radius 3 is 2.96 bits per heavy atom. The van der Waals surface area contributed by atoms with Gasteiger partial charge in [0.25, 0.3) is 5.91 Å². The van der Waals surface area contributed by atoms with E-state index in [-0.39, 0.29) is 5.91 Å². The van der Waals surface area contributed by atoms with Gasteiger partial charge in [0.2, 0.25) is 11.7 Å². The molecule has 0 saturated heterocycles. The van der Waals surface area contributed by atoms with Gasteiger partial charge in [0.1, 0.15) is 6.04 Å². The third kappa shape index (κ3) is 3.18. The summed E-state index contributed by atoms with van der Waals surface area (Å²) in [6, 6.07) is 8.69. The van der Waals surface area contributed by atoms with E-state index in [2.05, 4.69) is 25.4 Å². The predicted molar refractivity (Wildman–Crippen MR) is 97.8 cm³/mol. The van der Waals surface area contributed by atoms with Gasteiger partial charge >= 0.3 is 0 Å². The number of amides is 1. The second-order valence-electron chi connectivity index (χ2n) is 5.81. The molecule has 0 aliphatic heterocycles. The molecule has 0 spiro atoms. The van der Waals surface area contributed by atoms with Crippen molar-refractivity contribution in [2.75, 3.05) is 0 Å². The van der Waals surface area contributed by atoms with E-state index in [9.17, 15) is 4.79 Å². The lowest BCUT2D eigenvalue weighted by Gasteiger charge is -2.09. The first-order valence-corrected chi connectivity index (χ1v) is 8.84. The second kappa shape index (κ2) is 6.64. The number of hydrogen-bond acceptors (Lipinski definition) is 7. The molecule has 4 rings (SSSR count). The molecule has 0 fully saturated rings. The molecule has 1 aromatic carbocycles. The highest BCUT2D eigenvalue weighted by Gasteiger charge is 2.18. The number of benzene rings is 1. The fourth-order valence-corrected chi connectivity index (χ4v) is 3.41. The molecule has 3 heterocycles. The van der Waals surface area contributed by atoms with E-state index in [1.54, 1.807) is 42.8 Å². The molecule has 0 unspecified atom stereocenters. The number of rotatable bonds is 4. The van der Waals surface area contributed by atoms with Crippen LogP contribution in [0.4, 0.5) is 0 Å². The van der Waals surface area contributed by atoms with Crippen LogP contribution in [0.15, 0.2) is 47.2 Å². The zero-order valence-electron chi connectivity index (χ0n) is 14.1. The normalized spacial score (nSPS) is 12.2. The third-order valence-electron chi connectivity index (χ3n) is 3.84. The Bertz CT molecular complexity index is 1070. The van der Waals surface area contributed by atoms with Crippen LogP contribution in [-0.4, -0.2) is 26.0 Å². The number of pyridine rings is 1. The summed E-state index contributed by atoms with van der Waals surface area (Å²) in [4.78, 5) is 25.3. The van der Waals surface area contributed by atoms with E-state index in [4.69, 9.17) is 4.52 Å². The first-order chi connectivity index (χ1) is 12.6. The molecule has 1 atom stereocenters. The molecule has 26 heavy (non-hydrogen) atoms. The summed E-state index contributed by atoms with van der Waals surface area (Å²) in [5.41, 5.74) is 2.22. The van der Waals surface area contributed by atoms with Crippen LogP contribution in [-0.2, 0) is 0 Å². The van der Waals surface area contributed by atoms with Crippen molar-refractivity contribution in [1.29, 1.82) is 0 Å². The van der Waals surface area contributed by atoms with Gasteiger partial charge in [0.05, 0.1) is 15.2 Å². The molecule has 1 amide bonds. The number of fused-ring (bicyclic) bond motifs is 1. The zero-order valence-corrected chi connectivity index (χ0v) is 14.9. The van der Waals surface area contributed by atoms with Crippen molar-refractivity contribution in [3.05, 3.63) is 59.2 Å². The predicted octanol–water partition coefficient (Wildman–Crippen LogP) is 3.54. The maximum atomic E-state index is 12.5. The number of nitrogens with one attached hydrogen (secondary N) is 1. The Morgan fingerprint density at radius 1 is 1.27 bits per heavy atom. The van der Waals surface area contributed by atoms with Gasteiger partial charge in [0, 0.05) is 23.5 Å². The average molecular weight is 365 g/mol. The fourth-order valence-electron chi connectivity index (χ4n) is 2.55. The molecular formula is C18H15N5O2S. The molecule has 0 aliphatic carbocycles. The van der Waals surface area contributed by atoms with Crippen molar-refractivity contribution < 1.29 is 9.32 Å². The highest BCUT2D eigenvalue weighted by molar-refractivity contribution is 7.18. The number of thiazole rings is 1. The molecule has 0 radical (unpaired) electrons. The Morgan fingerprint density at radius 2 is 2.15 bits per heavy atom. The van der Waals surface area contributed by atoms with Crippen molar-refractivity contribution in [2.24, 2.45) is 0 Å². The van der Waals surface area contributed by atoms with E-state index < -0.39 is 6.04 Å². The molecule has 1 N–H and O–H groups in total. The lowest BCUT2D eigenvalue weighted by Crippen LogP contribution is -2.26. The lowest BCUT2D eigenvalue weighted by molar-refractivity contribution is 0.0932. The summed E-state index contributed by atoms with van der Waals surface area (Å²) in [5.74, 6) is 0.578. The average Bonchev–Trinajstić information content (AvgIpc) is 3.27. The van der Waals surface area contributed by atoms with Gasteiger partial charge < -0.3 is 9.84 Å². The van der Waals surface area contributed by atoms with Crippen LogP contribution >= 0.6 is 11.3 Å². The van der Waals surface area contributed by atoms with E-state index in [1.165, 1.54) is 0 Å². The summed E-state index contributed by atoms with van der Waals surface area (Å²) in [6.07, 6.45) is 3.33. The molecular weight excluding hydrogens is 350 g/mol. The maximum Gasteiger partial charge on any atom is 0.251 e. The van der Waals surface area contributed by atoms with Crippen LogP contribution in [0.25, 0.3) is 21.6 Å². The van der Waals surface area contributed by atoms with Crippen LogP contribution in [0, 0.1) is 6.92 Å². The molecule has 0 saturated carbocycles. The van der Waals surface area contributed by atoms with Crippen molar-refractivity contribution in [3.8, 4) is 11.4 Å². The molecule has 3 aromatic heterocycles. The number of aryl methyl sites for hydroxylation is 1. The number of aromatic nitrogens is 4. The number of hydrogen-bond donors (Lipinski definition) is 1. The van der Waals surface area contributed by atoms with Gasteiger partial charge in [-0.15, -0.1) is 11.3 Å². The smallest absolute Gasteiger partial charge is 0.251 e. The third-order valence-corrected chi connectivity index (χ3v) is 4.77. The van der Waals surface area contributed by atoms with Gasteiger partial charge in [-0.1, -0.05) is 5.16 Å². The fraction of sp³-hybridized carbons (Fsp3) is 0.167. The summed E-state index contributed by atoms with van der Waals surface area (Å²) in [6.45, 7) is 3.75. The minimum atomic E-state index is -0.417. The van der Waals surface area contributed by atoms with Crippen molar-refractivity contribution in [3.63, 3.8) is 0 Å². The molecule has 0 bridgehead atoms. The summed E-state index contributed by atoms with van der Waals surface area (Å²) in [5, 5.41) is 7.80. The van der Waals surface area contributed by atoms with E-state index in [0.29, 0.717) is 17.3 Å². The topological polar surface area (TPSA) is 93.8 Å². The quantitative estimate of drug-likeness (QED) is 0.594. The van der Waals surface area contributed by atoms with Crippen LogP contribution < -0.4 is 5.32 Å². The van der Waals surface area contributed by atoms with E-state index in [1.807, 2.05) is 25.1 Å². The largest absolute Gasteiger partial charge is 0.341 e. The van der Waals surface area contributed by atoms with Gasteiger partial charge in [-0.2, -0.15) is 4.98 Å². The van der Waals surface area contributed by atoms with Crippen molar-refractivity contribution in [2.45, 2.75) is 19.9 Å². The minimum Gasteiger partial charge on any atom is -0.341 e. The molecule has 8 heteroatoms. The highest BCUT2D eigenvalue weighted by atomic mass is 32.1. The molecule has 130 valence electrons. The van der Waals surface area contributed by atoms with Crippen LogP contribution in [0.3, 0.4) is 0 Å². The summed E-state index contributed by atoms with van der Waals surface area (Å²) >= 11 is 1.56. The van der Waals surface area contributed by atoms with Gasteiger partial charge in [-0.05, 0) is 44.2 Å². The maximum absolute atomic E-state index is 12.5. The SMILES string of the molecule is Cc1nc2ccc(C(=O)N[C@H](C)c3nc(-c4cccnc4)no3)cc2s1. The first kappa shape index (κ1) is 16.3. The van der Waals surface area contributed by atoms with Crippen molar-refractivity contribution in [1.82, 2.24) is 25.4 Å². The Kier molecular flexibility index (Phi) is 4.18. The number of carbonyl (C=O) groups excluding carboxylic acids is 1. The summed E-state index contributed by atoms with van der Waals surface area (Å²) in [7, 11) is 0. The minimum absolute atomic E-state index is 0.202. The monoisotopic (exact) mass is 365 g/mol. The standard InChI is InChI=1S/C18H15N5O2S/c1-10(18-22-16(23-25-18)13-4-3-7-19-9-13)20-17(24)12-5-6-14-15(8-12)26-11(2)21-14/h3-10H,1-2H3,(H,20,24)/t10-/m1/s1. The molecule has 7 nitrogen and oxygen atoms in total. The van der Waals surface area contributed by atoms with Gasteiger partial charge in [-0.3, -0.25) is 9.78 Å². The number of carbonyl (C=O) groups is 1. The Labute approximate surface area is 153 Å². The van der Waals surface area contributed by atoms with Crippen LogP contribution in [0.5, 0.6) is 0 Å². The van der Waals surface area contributed by atoms with Crippen LogP contribution in [0.2, 0.25) is 0 Å². The first-order valence-electron chi connectivity index (χ1n) is 8.02. The van der Waals surface area contributed by atoms with E-state index >= 15 is 0 Å². The Balaban J connectivity index is 1.51. The van der Waals surface area contributed by atoms with Gasteiger partial charge in [0.15, 0.2) is 0 Å². The second-order valence-corrected chi connectivity index (χ2v) is 7.04. The van der Waals surface area contributed by atoms with Crippen molar-refractivity contribution >= 4 is 27.5 Å². The van der Waals surface area contributed by atoms with Crippen LogP contribution in [0.1, 0.15) is 34.2 Å². The Hall–Kier alpha value is -3.13. The van der Waals surface area contributed by atoms with Gasteiger partial charge in [-0.25, -0.2) is 4.98 Å². The summed E-state index contributed by atoms with van der Waals surface area (Å²) < 4.78 is 6.27. The molecule has 4 aromatic rings. The molecule has 0 aliphatic rings.